The van der Waals surface area contributed by atoms with Crippen molar-refractivity contribution in [3.05, 3.63) is 39.8 Å². The van der Waals surface area contributed by atoms with E-state index in [2.05, 4.69) is 24.9 Å². The Kier molecular flexibility index (Phi) is 2.59. The molecule has 0 aliphatic rings. The van der Waals surface area contributed by atoms with E-state index in [4.69, 9.17) is 11.6 Å². The second-order valence-electron chi connectivity index (χ2n) is 2.60. The summed E-state index contributed by atoms with van der Waals surface area (Å²) in [5.74, 6) is -0.644. The first kappa shape index (κ1) is 9.60. The van der Waals surface area contributed by atoms with Crippen molar-refractivity contribution in [3.8, 4) is 0 Å². The standard InChI is InChI=1S/C8H5ClN4O2/c9-5-1-3-6(4-2-5)11-12-7-10-8(14)15-13-7/h1-4H,(H,10,13,14). The summed E-state index contributed by atoms with van der Waals surface area (Å²) in [7, 11) is 0. The minimum Gasteiger partial charge on any atom is -0.294 e. The highest BCUT2D eigenvalue weighted by Crippen LogP contribution is 2.17. The third-order valence-corrected chi connectivity index (χ3v) is 1.77. The lowest BCUT2D eigenvalue weighted by Gasteiger charge is -1.90. The molecule has 0 saturated carbocycles. The molecule has 15 heavy (non-hydrogen) atoms. The maximum atomic E-state index is 10.5. The zero-order chi connectivity index (χ0) is 10.7. The maximum absolute atomic E-state index is 10.5. The Morgan fingerprint density at radius 1 is 1.27 bits per heavy atom. The molecule has 0 bridgehead atoms. The molecule has 0 aliphatic carbocycles. The molecule has 0 fully saturated rings. The van der Waals surface area contributed by atoms with E-state index in [9.17, 15) is 4.79 Å². The smallest absolute Gasteiger partial charge is 0.294 e. The van der Waals surface area contributed by atoms with E-state index < -0.39 is 5.76 Å². The Bertz CT molecular complexity index is 528. The first-order valence-corrected chi connectivity index (χ1v) is 4.35. The van der Waals surface area contributed by atoms with Crippen molar-refractivity contribution in [2.75, 3.05) is 0 Å². The number of benzene rings is 1. The summed E-state index contributed by atoms with van der Waals surface area (Å²) in [5, 5.41) is 11.4. The zero-order valence-corrected chi connectivity index (χ0v) is 8.10. The van der Waals surface area contributed by atoms with Gasteiger partial charge in [-0.15, -0.1) is 10.2 Å². The lowest BCUT2D eigenvalue weighted by atomic mass is 10.3. The van der Waals surface area contributed by atoms with Gasteiger partial charge in [0.25, 0.3) is 5.95 Å². The lowest BCUT2D eigenvalue weighted by Crippen LogP contribution is -1.92. The molecule has 0 saturated heterocycles. The molecule has 7 heteroatoms. The highest BCUT2D eigenvalue weighted by molar-refractivity contribution is 6.30. The number of aromatic nitrogens is 2. The Morgan fingerprint density at radius 2 is 2.00 bits per heavy atom. The third-order valence-electron chi connectivity index (χ3n) is 1.52. The fourth-order valence-corrected chi connectivity index (χ4v) is 1.00. The monoisotopic (exact) mass is 224 g/mol. The second-order valence-corrected chi connectivity index (χ2v) is 3.03. The van der Waals surface area contributed by atoms with E-state index in [-0.39, 0.29) is 5.95 Å². The molecule has 0 atom stereocenters. The van der Waals surface area contributed by atoms with Crippen molar-refractivity contribution in [2.45, 2.75) is 0 Å². The fourth-order valence-electron chi connectivity index (χ4n) is 0.878. The van der Waals surface area contributed by atoms with E-state index in [0.717, 1.165) is 0 Å². The summed E-state index contributed by atoms with van der Waals surface area (Å²) in [4.78, 5) is 12.8. The van der Waals surface area contributed by atoms with Gasteiger partial charge in [-0.3, -0.25) is 9.51 Å². The van der Waals surface area contributed by atoms with Crippen molar-refractivity contribution in [1.29, 1.82) is 0 Å². The van der Waals surface area contributed by atoms with Gasteiger partial charge in [-0.2, -0.15) is 0 Å². The Balaban J connectivity index is 2.18. The van der Waals surface area contributed by atoms with E-state index in [1.54, 1.807) is 24.3 Å². The first-order chi connectivity index (χ1) is 7.24. The average molecular weight is 225 g/mol. The SMILES string of the molecule is O=c1[nH]c(N=Nc2ccc(Cl)cc2)no1. The predicted octanol–water partition coefficient (Wildman–Crippen LogP) is 2.43. The van der Waals surface area contributed by atoms with Crippen LogP contribution in [0.2, 0.25) is 5.02 Å². The van der Waals surface area contributed by atoms with Gasteiger partial charge in [-0.1, -0.05) is 11.6 Å². The zero-order valence-electron chi connectivity index (χ0n) is 7.35. The van der Waals surface area contributed by atoms with E-state index >= 15 is 0 Å². The van der Waals surface area contributed by atoms with E-state index in [1.807, 2.05) is 0 Å². The molecule has 1 N–H and O–H groups in total. The molecule has 0 unspecified atom stereocenters. The van der Waals surface area contributed by atoms with Crippen molar-refractivity contribution < 1.29 is 4.52 Å². The number of nitrogens with one attached hydrogen (secondary N) is 1. The van der Waals surface area contributed by atoms with Crippen molar-refractivity contribution in [3.63, 3.8) is 0 Å². The molecule has 0 aliphatic heterocycles. The number of azo groups is 1. The molecule has 1 aromatic heterocycles. The van der Waals surface area contributed by atoms with Gasteiger partial charge in [-0.05, 0) is 29.4 Å². The van der Waals surface area contributed by atoms with Crippen LogP contribution < -0.4 is 5.76 Å². The van der Waals surface area contributed by atoms with Gasteiger partial charge in [0, 0.05) is 5.02 Å². The van der Waals surface area contributed by atoms with Crippen LogP contribution in [-0.4, -0.2) is 10.1 Å². The van der Waals surface area contributed by atoms with Gasteiger partial charge >= 0.3 is 5.76 Å². The van der Waals surface area contributed by atoms with Crippen molar-refractivity contribution in [2.24, 2.45) is 10.2 Å². The summed E-state index contributed by atoms with van der Waals surface area (Å²) >= 11 is 5.69. The van der Waals surface area contributed by atoms with Gasteiger partial charge in [0.1, 0.15) is 0 Å². The predicted molar refractivity (Wildman–Crippen MR) is 52.8 cm³/mol. The number of hydrogen-bond acceptors (Lipinski definition) is 5. The van der Waals surface area contributed by atoms with Crippen molar-refractivity contribution >= 4 is 23.2 Å². The molecule has 0 amide bonds. The van der Waals surface area contributed by atoms with Crippen LogP contribution in [0.4, 0.5) is 11.6 Å². The topological polar surface area (TPSA) is 83.6 Å². The molecule has 1 heterocycles. The summed E-state index contributed by atoms with van der Waals surface area (Å²) in [6, 6.07) is 6.73. The van der Waals surface area contributed by atoms with Gasteiger partial charge < -0.3 is 0 Å². The first-order valence-electron chi connectivity index (χ1n) is 3.97. The van der Waals surface area contributed by atoms with Gasteiger partial charge in [0.05, 0.1) is 5.69 Å². The average Bonchev–Trinajstić information content (AvgIpc) is 2.64. The van der Waals surface area contributed by atoms with Crippen LogP contribution in [0, 0.1) is 0 Å². The number of H-pyrrole nitrogens is 1. The minimum atomic E-state index is -0.667. The highest BCUT2D eigenvalue weighted by Gasteiger charge is 1.96. The van der Waals surface area contributed by atoms with E-state index in [0.29, 0.717) is 10.7 Å². The van der Waals surface area contributed by atoms with Crippen LogP contribution >= 0.6 is 11.6 Å². The molecule has 0 radical (unpaired) electrons. The number of hydrogen-bond donors (Lipinski definition) is 1. The molecule has 76 valence electrons. The van der Waals surface area contributed by atoms with Crippen LogP contribution in [0.15, 0.2) is 43.8 Å². The van der Waals surface area contributed by atoms with Crippen LogP contribution in [-0.2, 0) is 0 Å². The number of nitrogens with zero attached hydrogens (tertiary/aromatic N) is 3. The largest absolute Gasteiger partial charge is 0.440 e. The van der Waals surface area contributed by atoms with E-state index in [1.165, 1.54) is 0 Å². The number of rotatable bonds is 2. The number of halogens is 1. The van der Waals surface area contributed by atoms with Crippen LogP contribution in [0.5, 0.6) is 0 Å². The lowest BCUT2D eigenvalue weighted by molar-refractivity contribution is 0.387. The maximum Gasteiger partial charge on any atom is 0.440 e. The summed E-state index contributed by atoms with van der Waals surface area (Å²) in [6.07, 6.45) is 0. The third kappa shape index (κ3) is 2.50. The molecular weight excluding hydrogens is 220 g/mol. The molecule has 1 aromatic carbocycles. The number of aromatic amines is 1. The normalized spacial score (nSPS) is 11.0. The molecule has 6 nitrogen and oxygen atoms in total. The summed E-state index contributed by atoms with van der Waals surface area (Å²) < 4.78 is 4.24. The summed E-state index contributed by atoms with van der Waals surface area (Å²) in [6.45, 7) is 0. The fraction of sp³-hybridized carbons (Fsp3) is 0. The highest BCUT2D eigenvalue weighted by atomic mass is 35.5. The Labute approximate surface area is 88.6 Å². The molecule has 2 aromatic rings. The van der Waals surface area contributed by atoms with Gasteiger partial charge in [0.2, 0.25) is 0 Å². The van der Waals surface area contributed by atoms with Crippen LogP contribution in [0.25, 0.3) is 0 Å². The Hall–Kier alpha value is -1.95. The molecule has 0 spiro atoms. The van der Waals surface area contributed by atoms with Crippen LogP contribution in [0.1, 0.15) is 0 Å². The Morgan fingerprint density at radius 3 is 2.60 bits per heavy atom. The summed E-state index contributed by atoms with van der Waals surface area (Å²) in [5.41, 5.74) is 0.600. The minimum absolute atomic E-state index is 0.0231. The second kappa shape index (κ2) is 4.05. The molecule has 2 rings (SSSR count). The quantitative estimate of drug-likeness (QED) is 0.795. The van der Waals surface area contributed by atoms with Gasteiger partial charge in [0.15, 0.2) is 0 Å². The van der Waals surface area contributed by atoms with Crippen molar-refractivity contribution in [1.82, 2.24) is 10.1 Å². The molecular formula is C8H5ClN4O2. The van der Waals surface area contributed by atoms with Crippen LogP contribution in [0.3, 0.4) is 0 Å². The van der Waals surface area contributed by atoms with Gasteiger partial charge in [-0.25, -0.2) is 4.79 Å².